The minimum atomic E-state index is 0.746. The van der Waals surface area contributed by atoms with Crippen LogP contribution in [0.25, 0.3) is 0 Å². The van der Waals surface area contributed by atoms with Crippen LogP contribution in [0.2, 0.25) is 0 Å². The summed E-state index contributed by atoms with van der Waals surface area (Å²) in [5.74, 6) is 0.889. The Morgan fingerprint density at radius 2 is 2.11 bits per heavy atom. The fraction of sp³-hybridized carbons (Fsp3) is 0.429. The lowest BCUT2D eigenvalue weighted by molar-refractivity contribution is 0.773. The number of nitrogens with two attached hydrogens (primary N) is 1. The number of unbranched alkanes of at least 4 members (excludes halogenated alkanes) is 1. The molecule has 1 heterocycles. The number of aromatic nitrogens is 2. The summed E-state index contributed by atoms with van der Waals surface area (Å²) in [6, 6.07) is 8.36. The lowest BCUT2D eigenvalue weighted by atomic mass is 10.1. The highest BCUT2D eigenvalue weighted by Gasteiger charge is 2.06. The molecule has 5 heteroatoms. The van der Waals surface area contributed by atoms with E-state index in [1.165, 1.54) is 22.7 Å². The molecule has 0 saturated heterocycles. The van der Waals surface area contributed by atoms with E-state index in [0.717, 1.165) is 43.3 Å². The van der Waals surface area contributed by atoms with E-state index in [1.54, 1.807) is 0 Å². The Kier molecular flexibility index (Phi) is 5.30. The van der Waals surface area contributed by atoms with Crippen molar-refractivity contribution in [1.82, 2.24) is 9.36 Å². The van der Waals surface area contributed by atoms with Crippen LogP contribution >= 0.6 is 11.5 Å². The van der Waals surface area contributed by atoms with E-state index >= 15 is 0 Å². The lowest BCUT2D eigenvalue weighted by Gasteiger charge is -2.02. The van der Waals surface area contributed by atoms with Gasteiger partial charge in [0.25, 0.3) is 0 Å². The minimum Gasteiger partial charge on any atom is -0.360 e. The molecule has 0 radical (unpaired) electrons. The molecule has 4 nitrogen and oxygen atoms in total. The quantitative estimate of drug-likeness (QED) is 0.763. The summed E-state index contributed by atoms with van der Waals surface area (Å²) < 4.78 is 4.39. The Bertz CT molecular complexity index is 510. The Hall–Kier alpha value is -1.46. The number of anilines is 1. The second-order valence-electron chi connectivity index (χ2n) is 4.54. The van der Waals surface area contributed by atoms with Crippen molar-refractivity contribution in [3.63, 3.8) is 0 Å². The summed E-state index contributed by atoms with van der Waals surface area (Å²) in [4.78, 5) is 4.51. The van der Waals surface area contributed by atoms with E-state index in [9.17, 15) is 0 Å². The van der Waals surface area contributed by atoms with Crippen molar-refractivity contribution >= 4 is 16.7 Å². The highest BCUT2D eigenvalue weighted by Crippen LogP contribution is 2.16. The molecule has 3 N–H and O–H groups in total. The standard InChI is InChI=1S/C14H20N4S/c1-11-6-2-3-7-12(11)10-13-17-14(19-18-13)16-9-5-4-8-15/h2-3,6-7H,4-5,8-10,15H2,1H3,(H,16,17,18). The van der Waals surface area contributed by atoms with Crippen LogP contribution in [0.4, 0.5) is 5.13 Å². The number of aryl methyl sites for hydroxylation is 1. The van der Waals surface area contributed by atoms with Crippen LogP contribution in [0.1, 0.15) is 29.8 Å². The highest BCUT2D eigenvalue weighted by atomic mass is 32.1. The molecule has 102 valence electrons. The zero-order valence-corrected chi connectivity index (χ0v) is 12.0. The van der Waals surface area contributed by atoms with Gasteiger partial charge < -0.3 is 11.1 Å². The van der Waals surface area contributed by atoms with Crippen molar-refractivity contribution in [2.75, 3.05) is 18.4 Å². The van der Waals surface area contributed by atoms with E-state index in [2.05, 4.69) is 45.9 Å². The van der Waals surface area contributed by atoms with Crippen molar-refractivity contribution in [2.24, 2.45) is 5.73 Å². The predicted molar refractivity (Wildman–Crippen MR) is 80.7 cm³/mol. The number of benzene rings is 1. The van der Waals surface area contributed by atoms with Crippen LogP contribution in [-0.2, 0) is 6.42 Å². The first kappa shape index (κ1) is 14.0. The van der Waals surface area contributed by atoms with Gasteiger partial charge in [-0.15, -0.1) is 0 Å². The van der Waals surface area contributed by atoms with E-state index in [4.69, 9.17) is 5.73 Å². The average molecular weight is 276 g/mol. The molecular formula is C14H20N4S. The van der Waals surface area contributed by atoms with Gasteiger partial charge in [-0.25, -0.2) is 4.98 Å². The Morgan fingerprint density at radius 1 is 1.26 bits per heavy atom. The summed E-state index contributed by atoms with van der Waals surface area (Å²) in [6.07, 6.45) is 2.92. The number of rotatable bonds is 7. The van der Waals surface area contributed by atoms with Gasteiger partial charge in [0.15, 0.2) is 0 Å². The molecule has 19 heavy (non-hydrogen) atoms. The average Bonchev–Trinajstić information content (AvgIpc) is 2.85. The number of hydrogen-bond acceptors (Lipinski definition) is 5. The van der Waals surface area contributed by atoms with Crippen LogP contribution in [0.15, 0.2) is 24.3 Å². The molecule has 1 aromatic heterocycles. The van der Waals surface area contributed by atoms with Gasteiger partial charge in [0.05, 0.1) is 0 Å². The van der Waals surface area contributed by atoms with Crippen molar-refractivity contribution in [3.05, 3.63) is 41.2 Å². The molecular weight excluding hydrogens is 256 g/mol. The third kappa shape index (κ3) is 4.29. The zero-order chi connectivity index (χ0) is 13.5. The van der Waals surface area contributed by atoms with Crippen LogP contribution in [0.3, 0.4) is 0 Å². The van der Waals surface area contributed by atoms with Crippen LogP contribution < -0.4 is 11.1 Å². The Morgan fingerprint density at radius 3 is 2.89 bits per heavy atom. The minimum absolute atomic E-state index is 0.746. The highest BCUT2D eigenvalue weighted by molar-refractivity contribution is 7.09. The maximum absolute atomic E-state index is 5.46. The molecule has 0 saturated carbocycles. The van der Waals surface area contributed by atoms with E-state index in [1.807, 2.05) is 0 Å². The van der Waals surface area contributed by atoms with Gasteiger partial charge >= 0.3 is 0 Å². The fourth-order valence-corrected chi connectivity index (χ4v) is 2.45. The summed E-state index contributed by atoms with van der Waals surface area (Å²) in [7, 11) is 0. The molecule has 0 aliphatic heterocycles. The smallest absolute Gasteiger partial charge is 0.202 e. The summed E-state index contributed by atoms with van der Waals surface area (Å²) >= 11 is 1.43. The molecule has 0 fully saturated rings. The van der Waals surface area contributed by atoms with Gasteiger partial charge in [-0.05, 0) is 37.4 Å². The molecule has 2 rings (SSSR count). The zero-order valence-electron chi connectivity index (χ0n) is 11.2. The van der Waals surface area contributed by atoms with Gasteiger partial charge in [-0.3, -0.25) is 0 Å². The third-order valence-corrected chi connectivity index (χ3v) is 3.70. The van der Waals surface area contributed by atoms with Crippen molar-refractivity contribution in [1.29, 1.82) is 0 Å². The first-order valence-corrected chi connectivity index (χ1v) is 7.38. The molecule has 0 amide bonds. The second kappa shape index (κ2) is 7.21. The normalized spacial score (nSPS) is 10.6. The Labute approximate surface area is 118 Å². The van der Waals surface area contributed by atoms with E-state index in [-0.39, 0.29) is 0 Å². The number of nitrogens with zero attached hydrogens (tertiary/aromatic N) is 2. The third-order valence-electron chi connectivity index (χ3n) is 2.99. The molecule has 1 aromatic carbocycles. The fourth-order valence-electron chi connectivity index (χ4n) is 1.84. The molecule has 2 aromatic rings. The maximum Gasteiger partial charge on any atom is 0.202 e. The van der Waals surface area contributed by atoms with Crippen molar-refractivity contribution in [3.8, 4) is 0 Å². The molecule has 0 bridgehead atoms. The van der Waals surface area contributed by atoms with E-state index in [0.29, 0.717) is 0 Å². The summed E-state index contributed by atoms with van der Waals surface area (Å²) in [5.41, 5.74) is 8.03. The van der Waals surface area contributed by atoms with Crippen LogP contribution in [-0.4, -0.2) is 22.4 Å². The predicted octanol–water partition coefficient (Wildman–Crippen LogP) is 2.59. The number of hydrogen-bond donors (Lipinski definition) is 2. The first-order chi connectivity index (χ1) is 9.29. The van der Waals surface area contributed by atoms with Gasteiger partial charge in [-0.2, -0.15) is 4.37 Å². The van der Waals surface area contributed by atoms with Crippen molar-refractivity contribution in [2.45, 2.75) is 26.2 Å². The second-order valence-corrected chi connectivity index (χ2v) is 5.29. The van der Waals surface area contributed by atoms with Crippen molar-refractivity contribution < 1.29 is 0 Å². The molecule has 0 aliphatic carbocycles. The molecule has 0 unspecified atom stereocenters. The van der Waals surface area contributed by atoms with Gasteiger partial charge in [0.1, 0.15) is 5.82 Å². The topological polar surface area (TPSA) is 63.8 Å². The maximum atomic E-state index is 5.46. The van der Waals surface area contributed by atoms with Crippen LogP contribution in [0, 0.1) is 6.92 Å². The largest absolute Gasteiger partial charge is 0.360 e. The first-order valence-electron chi connectivity index (χ1n) is 6.60. The molecule has 0 spiro atoms. The SMILES string of the molecule is Cc1ccccc1Cc1nsc(NCCCCN)n1. The molecule has 0 atom stereocenters. The molecule has 0 aliphatic rings. The van der Waals surface area contributed by atoms with Crippen LogP contribution in [0.5, 0.6) is 0 Å². The van der Waals surface area contributed by atoms with Gasteiger partial charge in [0.2, 0.25) is 5.13 Å². The number of nitrogens with one attached hydrogen (secondary N) is 1. The summed E-state index contributed by atoms with van der Waals surface area (Å²) in [6.45, 7) is 3.78. The van der Waals surface area contributed by atoms with Gasteiger partial charge in [-0.1, -0.05) is 24.3 Å². The lowest BCUT2D eigenvalue weighted by Crippen LogP contribution is -2.05. The van der Waals surface area contributed by atoms with Gasteiger partial charge in [0, 0.05) is 24.5 Å². The monoisotopic (exact) mass is 276 g/mol. The Balaban J connectivity index is 1.89. The summed E-state index contributed by atoms with van der Waals surface area (Å²) in [5, 5.41) is 4.19. The van der Waals surface area contributed by atoms with E-state index < -0.39 is 0 Å².